The van der Waals surface area contributed by atoms with Gasteiger partial charge in [-0.2, -0.15) is 0 Å². The summed E-state index contributed by atoms with van der Waals surface area (Å²) >= 11 is 0. The summed E-state index contributed by atoms with van der Waals surface area (Å²) in [6.07, 6.45) is 2.40. The molecule has 1 aromatic heterocycles. The van der Waals surface area contributed by atoms with Crippen LogP contribution >= 0.6 is 0 Å². The Morgan fingerprint density at radius 3 is 2.41 bits per heavy atom. The number of nitrogens with zero attached hydrogens (tertiary/aromatic N) is 2. The maximum Gasteiger partial charge on any atom is 0.338 e. The van der Waals surface area contributed by atoms with E-state index in [4.69, 9.17) is 5.11 Å². The average molecular weight is 232 g/mol. The number of hydrogen-bond donors (Lipinski definition) is 1. The highest BCUT2D eigenvalue weighted by Crippen LogP contribution is 2.17. The Labute approximate surface area is 96.8 Å². The first-order chi connectivity index (χ1) is 8.06. The maximum absolute atomic E-state index is 13.2. The van der Waals surface area contributed by atoms with Gasteiger partial charge in [0.2, 0.25) is 0 Å². The summed E-state index contributed by atoms with van der Waals surface area (Å²) in [5, 5.41) is 8.69. The summed E-state index contributed by atoms with van der Waals surface area (Å²) in [6, 6.07) is 4.44. The van der Waals surface area contributed by atoms with Gasteiger partial charge < -0.3 is 5.11 Å². The number of benzene rings is 1. The van der Waals surface area contributed by atoms with Crippen molar-refractivity contribution in [3.63, 3.8) is 0 Å². The molecular weight excluding hydrogens is 223 g/mol. The van der Waals surface area contributed by atoms with Crippen molar-refractivity contribution in [2.24, 2.45) is 0 Å². The highest BCUT2D eigenvalue weighted by Gasteiger charge is 2.07. The standard InChI is InChI=1S/C12H9FN2O2/c1-7-2-8(4-10(13)3-7)11-14-5-9(6-15-11)12(16)17/h2-6H,1H3,(H,16,17). The zero-order chi connectivity index (χ0) is 12.4. The van der Waals surface area contributed by atoms with Crippen molar-refractivity contribution in [1.29, 1.82) is 0 Å². The van der Waals surface area contributed by atoms with E-state index in [1.54, 1.807) is 13.0 Å². The molecule has 2 aromatic rings. The summed E-state index contributed by atoms with van der Waals surface area (Å²) in [6.45, 7) is 1.76. The molecule has 0 unspecified atom stereocenters. The third kappa shape index (κ3) is 2.44. The predicted molar refractivity (Wildman–Crippen MR) is 59.1 cm³/mol. The third-order valence-corrected chi connectivity index (χ3v) is 2.20. The number of aryl methyl sites for hydroxylation is 1. The molecule has 17 heavy (non-hydrogen) atoms. The molecule has 0 amide bonds. The molecule has 0 aliphatic carbocycles. The second-order valence-electron chi connectivity index (χ2n) is 3.62. The Morgan fingerprint density at radius 1 is 1.24 bits per heavy atom. The lowest BCUT2D eigenvalue weighted by Crippen LogP contribution is -1.99. The van der Waals surface area contributed by atoms with Gasteiger partial charge in [-0.05, 0) is 30.7 Å². The summed E-state index contributed by atoms with van der Waals surface area (Å²) < 4.78 is 13.2. The van der Waals surface area contributed by atoms with Crippen LogP contribution in [-0.2, 0) is 0 Å². The van der Waals surface area contributed by atoms with E-state index in [0.29, 0.717) is 11.4 Å². The molecule has 1 aromatic carbocycles. The van der Waals surface area contributed by atoms with E-state index in [0.717, 1.165) is 5.56 Å². The van der Waals surface area contributed by atoms with Crippen molar-refractivity contribution in [3.8, 4) is 11.4 Å². The average Bonchev–Trinajstić information content (AvgIpc) is 2.28. The molecule has 0 saturated heterocycles. The largest absolute Gasteiger partial charge is 0.478 e. The molecule has 4 nitrogen and oxygen atoms in total. The number of halogens is 1. The molecule has 0 saturated carbocycles. The molecule has 1 heterocycles. The van der Waals surface area contributed by atoms with E-state index >= 15 is 0 Å². The van der Waals surface area contributed by atoms with Gasteiger partial charge in [0.25, 0.3) is 0 Å². The van der Waals surface area contributed by atoms with Gasteiger partial charge in [0.1, 0.15) is 5.82 Å². The van der Waals surface area contributed by atoms with E-state index in [1.165, 1.54) is 24.5 Å². The quantitative estimate of drug-likeness (QED) is 0.862. The van der Waals surface area contributed by atoms with Gasteiger partial charge in [0, 0.05) is 18.0 Å². The fourth-order valence-corrected chi connectivity index (χ4v) is 1.45. The van der Waals surface area contributed by atoms with Gasteiger partial charge in [-0.1, -0.05) is 0 Å². The number of aromatic nitrogens is 2. The highest BCUT2D eigenvalue weighted by atomic mass is 19.1. The molecular formula is C12H9FN2O2. The normalized spacial score (nSPS) is 10.2. The van der Waals surface area contributed by atoms with Crippen LogP contribution in [0, 0.1) is 12.7 Å². The number of carbonyl (C=O) groups is 1. The van der Waals surface area contributed by atoms with Crippen molar-refractivity contribution in [2.75, 3.05) is 0 Å². The van der Waals surface area contributed by atoms with E-state index in [1.807, 2.05) is 0 Å². The van der Waals surface area contributed by atoms with Crippen LogP contribution in [0.3, 0.4) is 0 Å². The SMILES string of the molecule is Cc1cc(F)cc(-c2ncc(C(=O)O)cn2)c1. The van der Waals surface area contributed by atoms with Crippen LogP contribution in [0.15, 0.2) is 30.6 Å². The Bertz CT molecular complexity index is 547. The van der Waals surface area contributed by atoms with E-state index in [9.17, 15) is 9.18 Å². The summed E-state index contributed by atoms with van der Waals surface area (Å²) in [7, 11) is 0. The van der Waals surface area contributed by atoms with E-state index in [2.05, 4.69) is 9.97 Å². The van der Waals surface area contributed by atoms with Gasteiger partial charge >= 0.3 is 5.97 Å². The molecule has 0 spiro atoms. The predicted octanol–water partition coefficient (Wildman–Crippen LogP) is 2.29. The third-order valence-electron chi connectivity index (χ3n) is 2.20. The van der Waals surface area contributed by atoms with E-state index < -0.39 is 5.97 Å². The zero-order valence-electron chi connectivity index (χ0n) is 9.01. The number of carboxylic acids is 1. The van der Waals surface area contributed by atoms with Gasteiger partial charge in [-0.3, -0.25) is 0 Å². The number of aromatic carboxylic acids is 1. The second kappa shape index (κ2) is 4.29. The van der Waals surface area contributed by atoms with E-state index in [-0.39, 0.29) is 11.4 Å². The topological polar surface area (TPSA) is 63.1 Å². The first-order valence-corrected chi connectivity index (χ1v) is 4.89. The summed E-state index contributed by atoms with van der Waals surface area (Å²) in [5.74, 6) is -1.16. The lowest BCUT2D eigenvalue weighted by atomic mass is 10.1. The fraction of sp³-hybridized carbons (Fsp3) is 0.0833. The van der Waals surface area contributed by atoms with Crippen molar-refractivity contribution in [2.45, 2.75) is 6.92 Å². The Hall–Kier alpha value is -2.30. The van der Waals surface area contributed by atoms with Crippen LogP contribution in [-0.4, -0.2) is 21.0 Å². The van der Waals surface area contributed by atoms with Crippen LogP contribution in [0.5, 0.6) is 0 Å². The molecule has 0 atom stereocenters. The number of carboxylic acid groups (broad SMARTS) is 1. The van der Waals surface area contributed by atoms with Crippen molar-refractivity contribution < 1.29 is 14.3 Å². The molecule has 0 aliphatic rings. The van der Waals surface area contributed by atoms with Crippen LogP contribution < -0.4 is 0 Å². The van der Waals surface area contributed by atoms with Crippen molar-refractivity contribution in [3.05, 3.63) is 47.5 Å². The Balaban J connectivity index is 2.43. The summed E-state index contributed by atoms with van der Waals surface area (Å²) in [5.41, 5.74) is 1.28. The van der Waals surface area contributed by atoms with Crippen LogP contribution in [0.25, 0.3) is 11.4 Å². The molecule has 0 bridgehead atoms. The Kier molecular flexibility index (Phi) is 2.82. The molecule has 0 aliphatic heterocycles. The molecule has 2 rings (SSSR count). The molecule has 5 heteroatoms. The van der Waals surface area contributed by atoms with Crippen LogP contribution in [0.2, 0.25) is 0 Å². The van der Waals surface area contributed by atoms with Gasteiger partial charge in [0.05, 0.1) is 5.56 Å². The Morgan fingerprint density at radius 2 is 1.88 bits per heavy atom. The molecule has 1 N–H and O–H groups in total. The first kappa shape index (κ1) is 11.2. The minimum atomic E-state index is -1.09. The highest BCUT2D eigenvalue weighted by molar-refractivity contribution is 5.86. The van der Waals surface area contributed by atoms with Crippen LogP contribution in [0.4, 0.5) is 4.39 Å². The lowest BCUT2D eigenvalue weighted by molar-refractivity contribution is 0.0696. The van der Waals surface area contributed by atoms with Crippen molar-refractivity contribution in [1.82, 2.24) is 9.97 Å². The molecule has 86 valence electrons. The van der Waals surface area contributed by atoms with Crippen molar-refractivity contribution >= 4 is 5.97 Å². The summed E-state index contributed by atoms with van der Waals surface area (Å²) in [4.78, 5) is 18.4. The monoisotopic (exact) mass is 232 g/mol. The molecule has 0 radical (unpaired) electrons. The second-order valence-corrected chi connectivity index (χ2v) is 3.62. The van der Waals surface area contributed by atoms with Gasteiger partial charge in [-0.25, -0.2) is 19.2 Å². The lowest BCUT2D eigenvalue weighted by Gasteiger charge is -2.02. The van der Waals surface area contributed by atoms with Gasteiger partial charge in [-0.15, -0.1) is 0 Å². The number of rotatable bonds is 2. The zero-order valence-corrected chi connectivity index (χ0v) is 9.01. The minimum Gasteiger partial charge on any atom is -0.478 e. The van der Waals surface area contributed by atoms with Gasteiger partial charge in [0.15, 0.2) is 5.82 Å². The maximum atomic E-state index is 13.2. The fourth-order valence-electron chi connectivity index (χ4n) is 1.45. The van der Waals surface area contributed by atoms with Crippen LogP contribution in [0.1, 0.15) is 15.9 Å². The minimum absolute atomic E-state index is 0.00174. The smallest absolute Gasteiger partial charge is 0.338 e. The molecule has 0 fully saturated rings. The number of hydrogen-bond acceptors (Lipinski definition) is 3. The first-order valence-electron chi connectivity index (χ1n) is 4.89.